The first-order valence-electron chi connectivity index (χ1n) is 3.29. The Bertz CT molecular complexity index is 352. The summed E-state index contributed by atoms with van der Waals surface area (Å²) in [6, 6.07) is 2.32. The Balaban J connectivity index is 3.38. The third-order valence-electron chi connectivity index (χ3n) is 1.44. The van der Waals surface area contributed by atoms with Gasteiger partial charge in [0, 0.05) is 5.02 Å². The molecule has 0 aromatic heterocycles. The van der Waals surface area contributed by atoms with E-state index >= 15 is 0 Å². The van der Waals surface area contributed by atoms with Gasteiger partial charge in [-0.2, -0.15) is 0 Å². The van der Waals surface area contributed by atoms with Crippen LogP contribution in [0.1, 0.15) is 10.4 Å². The van der Waals surface area contributed by atoms with Crippen LogP contribution in [0.25, 0.3) is 0 Å². The molecule has 1 rings (SSSR count). The van der Waals surface area contributed by atoms with Crippen LogP contribution < -0.4 is 4.74 Å². The number of carbonyl (C=O) groups is 1. The number of methoxy groups -OCH3 is 1. The predicted octanol–water partition coefficient (Wildman–Crippen LogP) is 2.87. The number of hydrogen-bond donors (Lipinski definition) is 0. The fraction of sp³-hybridized carbons (Fsp3) is 0.125. The third-order valence-corrected chi connectivity index (χ3v) is 1.84. The molecule has 2 nitrogen and oxygen atoms in total. The van der Waals surface area contributed by atoms with Crippen molar-refractivity contribution in [3.8, 4) is 5.75 Å². The first-order valence-corrected chi connectivity index (χ1v) is 4.04. The molecule has 0 radical (unpaired) electrons. The molecule has 0 atom stereocenters. The first kappa shape index (κ1) is 10.3. The van der Waals surface area contributed by atoms with E-state index in [1.807, 2.05) is 0 Å². The largest absolute Gasteiger partial charge is 0.496 e. The minimum atomic E-state index is -0.911. The van der Waals surface area contributed by atoms with Gasteiger partial charge in [-0.05, 0) is 23.7 Å². The molecule has 1 aromatic carbocycles. The van der Waals surface area contributed by atoms with Gasteiger partial charge in [-0.1, -0.05) is 11.6 Å². The van der Waals surface area contributed by atoms with Gasteiger partial charge in [-0.15, -0.1) is 0 Å². The molecule has 0 bridgehead atoms. The van der Waals surface area contributed by atoms with Crippen molar-refractivity contribution in [3.63, 3.8) is 0 Å². The molecule has 0 aliphatic rings. The Labute approximate surface area is 84.2 Å². The van der Waals surface area contributed by atoms with Crippen LogP contribution in [-0.4, -0.2) is 12.4 Å². The molecule has 0 aliphatic carbocycles. The first-order chi connectivity index (χ1) is 6.06. The minimum Gasteiger partial charge on any atom is -0.496 e. The van der Waals surface area contributed by atoms with Gasteiger partial charge in [0.1, 0.15) is 17.1 Å². The number of hydrogen-bond acceptors (Lipinski definition) is 2. The van der Waals surface area contributed by atoms with Gasteiger partial charge < -0.3 is 4.74 Å². The maximum atomic E-state index is 13.1. The molecule has 0 aliphatic heterocycles. The molecular weight excluding hydrogens is 218 g/mol. The summed E-state index contributed by atoms with van der Waals surface area (Å²) in [4.78, 5) is 10.8. The zero-order valence-electron chi connectivity index (χ0n) is 6.61. The van der Waals surface area contributed by atoms with E-state index in [9.17, 15) is 9.18 Å². The van der Waals surface area contributed by atoms with Crippen LogP contribution >= 0.6 is 23.2 Å². The molecule has 0 unspecified atom stereocenters. The molecule has 13 heavy (non-hydrogen) atoms. The molecule has 0 fully saturated rings. The van der Waals surface area contributed by atoms with Crippen molar-refractivity contribution in [2.45, 2.75) is 0 Å². The molecule has 0 spiro atoms. The highest BCUT2D eigenvalue weighted by molar-refractivity contribution is 6.68. The van der Waals surface area contributed by atoms with Gasteiger partial charge in [-0.25, -0.2) is 4.39 Å². The monoisotopic (exact) mass is 222 g/mol. The summed E-state index contributed by atoms with van der Waals surface area (Å²) in [6.45, 7) is 0. The lowest BCUT2D eigenvalue weighted by atomic mass is 10.2. The lowest BCUT2D eigenvalue weighted by Gasteiger charge is -2.05. The van der Waals surface area contributed by atoms with Crippen LogP contribution in [0, 0.1) is 5.82 Å². The molecule has 70 valence electrons. The summed E-state index contributed by atoms with van der Waals surface area (Å²) >= 11 is 10.7. The van der Waals surface area contributed by atoms with Crippen LogP contribution in [0.3, 0.4) is 0 Å². The Morgan fingerprint density at radius 3 is 2.62 bits per heavy atom. The Morgan fingerprint density at radius 1 is 1.54 bits per heavy atom. The lowest BCUT2D eigenvalue weighted by Crippen LogP contribution is -1.99. The number of carbonyl (C=O) groups excluding carboxylic acids is 1. The fourth-order valence-corrected chi connectivity index (χ4v) is 1.28. The molecule has 1 aromatic rings. The fourth-order valence-electron chi connectivity index (χ4n) is 0.902. The Hall–Kier alpha value is -0.800. The van der Waals surface area contributed by atoms with Crippen molar-refractivity contribution in [2.24, 2.45) is 0 Å². The van der Waals surface area contributed by atoms with Gasteiger partial charge in [-0.3, -0.25) is 4.79 Å². The zero-order valence-corrected chi connectivity index (χ0v) is 8.12. The lowest BCUT2D eigenvalue weighted by molar-refractivity contribution is 0.107. The molecular formula is C8H5Cl2FO2. The van der Waals surface area contributed by atoms with E-state index in [-0.39, 0.29) is 16.3 Å². The summed E-state index contributed by atoms with van der Waals surface area (Å²) < 4.78 is 17.8. The summed E-state index contributed by atoms with van der Waals surface area (Å²) in [7, 11) is 1.30. The molecule has 0 heterocycles. The van der Waals surface area contributed by atoms with Crippen molar-refractivity contribution in [3.05, 3.63) is 28.5 Å². The van der Waals surface area contributed by atoms with Crippen LogP contribution in [0.15, 0.2) is 12.1 Å². The Kier molecular flexibility index (Phi) is 3.12. The third kappa shape index (κ3) is 2.11. The van der Waals surface area contributed by atoms with Gasteiger partial charge in [0.15, 0.2) is 0 Å². The summed E-state index contributed by atoms with van der Waals surface area (Å²) in [5, 5.41) is -0.762. The van der Waals surface area contributed by atoms with Gasteiger partial charge in [0.2, 0.25) is 0 Å². The smallest absolute Gasteiger partial charge is 0.259 e. The molecule has 5 heteroatoms. The number of halogens is 3. The van der Waals surface area contributed by atoms with Crippen molar-refractivity contribution < 1.29 is 13.9 Å². The van der Waals surface area contributed by atoms with Crippen molar-refractivity contribution in [1.29, 1.82) is 0 Å². The van der Waals surface area contributed by atoms with Crippen LogP contribution in [-0.2, 0) is 0 Å². The molecule has 0 saturated heterocycles. The summed E-state index contributed by atoms with van der Waals surface area (Å²) in [6.07, 6.45) is 0. The second-order valence-electron chi connectivity index (χ2n) is 2.24. The van der Waals surface area contributed by atoms with E-state index in [1.165, 1.54) is 13.2 Å². The molecule has 0 amide bonds. The predicted molar refractivity (Wildman–Crippen MR) is 48.1 cm³/mol. The van der Waals surface area contributed by atoms with Crippen molar-refractivity contribution >= 4 is 28.4 Å². The maximum absolute atomic E-state index is 13.1. The van der Waals surface area contributed by atoms with Gasteiger partial charge >= 0.3 is 0 Å². The standard InChI is InChI=1S/C8H5Cl2FO2/c1-13-6-3-4(9)2-5(11)7(6)8(10)12/h2-3H,1H3. The summed E-state index contributed by atoms with van der Waals surface area (Å²) in [5.74, 6) is -0.755. The highest BCUT2D eigenvalue weighted by atomic mass is 35.5. The quantitative estimate of drug-likeness (QED) is 0.720. The van der Waals surface area contributed by atoms with E-state index in [1.54, 1.807) is 0 Å². The van der Waals surface area contributed by atoms with Crippen LogP contribution in [0.5, 0.6) is 5.75 Å². The van der Waals surface area contributed by atoms with Gasteiger partial charge in [0.05, 0.1) is 7.11 Å². The second kappa shape index (κ2) is 3.94. The number of ether oxygens (including phenoxy) is 1. The minimum absolute atomic E-state index is 0.0324. The number of benzene rings is 1. The van der Waals surface area contributed by atoms with Crippen molar-refractivity contribution in [1.82, 2.24) is 0 Å². The highest BCUT2D eigenvalue weighted by Crippen LogP contribution is 2.27. The van der Waals surface area contributed by atoms with E-state index in [4.69, 9.17) is 27.9 Å². The van der Waals surface area contributed by atoms with E-state index in [0.29, 0.717) is 0 Å². The van der Waals surface area contributed by atoms with Crippen molar-refractivity contribution in [2.75, 3.05) is 7.11 Å². The second-order valence-corrected chi connectivity index (χ2v) is 3.02. The number of rotatable bonds is 2. The zero-order chi connectivity index (χ0) is 10.0. The van der Waals surface area contributed by atoms with E-state index in [0.717, 1.165) is 6.07 Å². The molecule has 0 N–H and O–H groups in total. The van der Waals surface area contributed by atoms with Crippen LogP contribution in [0.2, 0.25) is 5.02 Å². The highest BCUT2D eigenvalue weighted by Gasteiger charge is 2.16. The SMILES string of the molecule is COc1cc(Cl)cc(F)c1C(=O)Cl. The van der Waals surface area contributed by atoms with E-state index < -0.39 is 11.1 Å². The summed E-state index contributed by atoms with van der Waals surface area (Å²) in [5.41, 5.74) is -0.298. The van der Waals surface area contributed by atoms with Gasteiger partial charge in [0.25, 0.3) is 5.24 Å². The average molecular weight is 223 g/mol. The normalized spacial score (nSPS) is 9.85. The average Bonchev–Trinajstić information content (AvgIpc) is 2.01. The maximum Gasteiger partial charge on any atom is 0.259 e. The molecule has 0 saturated carbocycles. The van der Waals surface area contributed by atoms with Crippen LogP contribution in [0.4, 0.5) is 4.39 Å². The topological polar surface area (TPSA) is 26.3 Å². The Morgan fingerprint density at radius 2 is 2.15 bits per heavy atom. The van der Waals surface area contributed by atoms with E-state index in [2.05, 4.69) is 0 Å².